The van der Waals surface area contributed by atoms with Crippen molar-refractivity contribution in [3.63, 3.8) is 0 Å². The number of allylic oxidation sites excluding steroid dienone is 1. The molecule has 0 amide bonds. The van der Waals surface area contributed by atoms with Crippen LogP contribution in [0.5, 0.6) is 0 Å². The predicted octanol–water partition coefficient (Wildman–Crippen LogP) is 4.30. The van der Waals surface area contributed by atoms with E-state index in [9.17, 15) is 5.21 Å². The molecule has 0 saturated heterocycles. The van der Waals surface area contributed by atoms with Crippen LogP contribution in [0.2, 0.25) is 0 Å². The number of nitrogens with zero attached hydrogens (tertiary/aromatic N) is 2. The molecule has 0 bridgehead atoms. The Morgan fingerprint density at radius 2 is 1.77 bits per heavy atom. The van der Waals surface area contributed by atoms with Crippen LogP contribution in [-0.4, -0.2) is 22.9 Å². The summed E-state index contributed by atoms with van der Waals surface area (Å²) in [6.45, 7) is 2.19. The maximum Gasteiger partial charge on any atom is 0.119 e. The summed E-state index contributed by atoms with van der Waals surface area (Å²) in [6.07, 6.45) is 3.12. The molecule has 0 aromatic heterocycles. The molecule has 3 heteroatoms. The summed E-state index contributed by atoms with van der Waals surface area (Å²) in [5, 5.41) is 13.2. The van der Waals surface area contributed by atoms with Gasteiger partial charge in [-0.1, -0.05) is 66.7 Å². The zero-order valence-corrected chi connectivity index (χ0v) is 12.9. The van der Waals surface area contributed by atoms with Gasteiger partial charge in [-0.05, 0) is 17.5 Å². The second-order valence-electron chi connectivity index (χ2n) is 5.53. The highest BCUT2D eigenvalue weighted by molar-refractivity contribution is 6.32. The molecule has 0 spiro atoms. The maximum absolute atomic E-state index is 9.60. The minimum Gasteiger partial charge on any atom is -0.410 e. The summed E-state index contributed by atoms with van der Waals surface area (Å²) < 4.78 is 0. The monoisotopic (exact) mass is 292 g/mol. The van der Waals surface area contributed by atoms with E-state index in [1.54, 1.807) is 0 Å². The minimum absolute atomic E-state index is 0.357. The third-order valence-corrected chi connectivity index (χ3v) is 4.22. The fourth-order valence-electron chi connectivity index (χ4n) is 3.18. The smallest absolute Gasteiger partial charge is 0.119 e. The zero-order chi connectivity index (χ0) is 15.5. The Hall–Kier alpha value is -2.55. The van der Waals surface area contributed by atoms with Crippen molar-refractivity contribution in [2.75, 3.05) is 7.05 Å². The molecule has 0 saturated carbocycles. The topological polar surface area (TPSA) is 35.8 Å². The van der Waals surface area contributed by atoms with Crippen molar-refractivity contribution in [1.29, 1.82) is 0 Å². The SMILES string of the molecule is CC[C@H]1c2ccccc2C(/C(=N/O)c2ccccc2)=CN1C. The number of oxime groups is 1. The first-order valence-corrected chi connectivity index (χ1v) is 7.57. The highest BCUT2D eigenvalue weighted by Crippen LogP contribution is 2.37. The first-order valence-electron chi connectivity index (χ1n) is 7.57. The summed E-state index contributed by atoms with van der Waals surface area (Å²) >= 11 is 0. The highest BCUT2D eigenvalue weighted by atomic mass is 16.4. The van der Waals surface area contributed by atoms with Crippen molar-refractivity contribution in [2.24, 2.45) is 5.16 Å². The van der Waals surface area contributed by atoms with Crippen LogP contribution in [0.15, 0.2) is 66.0 Å². The van der Waals surface area contributed by atoms with E-state index >= 15 is 0 Å². The van der Waals surface area contributed by atoms with Crippen LogP contribution in [0.3, 0.4) is 0 Å². The van der Waals surface area contributed by atoms with Gasteiger partial charge >= 0.3 is 0 Å². The molecule has 112 valence electrons. The summed E-state index contributed by atoms with van der Waals surface area (Å²) in [5.41, 5.74) is 4.89. The lowest BCUT2D eigenvalue weighted by molar-refractivity contribution is 0.317. The molecule has 1 atom stereocenters. The third kappa shape index (κ3) is 2.39. The van der Waals surface area contributed by atoms with Gasteiger partial charge in [0.15, 0.2) is 0 Å². The van der Waals surface area contributed by atoms with E-state index in [2.05, 4.69) is 48.4 Å². The zero-order valence-electron chi connectivity index (χ0n) is 12.9. The Morgan fingerprint density at radius 3 is 2.45 bits per heavy atom. The summed E-state index contributed by atoms with van der Waals surface area (Å²) in [4.78, 5) is 2.20. The Bertz CT molecular complexity index is 719. The molecule has 2 aromatic rings. The fraction of sp³-hybridized carbons (Fsp3) is 0.211. The molecule has 22 heavy (non-hydrogen) atoms. The van der Waals surface area contributed by atoms with Crippen molar-refractivity contribution >= 4 is 11.3 Å². The first-order chi connectivity index (χ1) is 10.8. The normalized spacial score (nSPS) is 17.9. The molecule has 0 unspecified atom stereocenters. The van der Waals surface area contributed by atoms with E-state index in [0.29, 0.717) is 11.8 Å². The molecule has 1 aliphatic heterocycles. The lowest BCUT2D eigenvalue weighted by Gasteiger charge is -2.34. The number of hydrogen-bond donors (Lipinski definition) is 1. The van der Waals surface area contributed by atoms with Gasteiger partial charge in [0.2, 0.25) is 0 Å². The number of fused-ring (bicyclic) bond motifs is 1. The molecule has 2 aromatic carbocycles. The van der Waals surface area contributed by atoms with Gasteiger partial charge in [-0.3, -0.25) is 0 Å². The molecular formula is C19H20N2O. The molecule has 3 rings (SSSR count). The summed E-state index contributed by atoms with van der Waals surface area (Å²) in [7, 11) is 2.07. The molecule has 0 radical (unpaired) electrons. The third-order valence-electron chi connectivity index (χ3n) is 4.22. The van der Waals surface area contributed by atoms with Gasteiger partial charge in [0, 0.05) is 24.4 Å². The Kier molecular flexibility index (Phi) is 3.96. The predicted molar refractivity (Wildman–Crippen MR) is 90.0 cm³/mol. The largest absolute Gasteiger partial charge is 0.410 e. The van der Waals surface area contributed by atoms with Crippen LogP contribution in [-0.2, 0) is 0 Å². The fourth-order valence-corrected chi connectivity index (χ4v) is 3.18. The van der Waals surface area contributed by atoms with E-state index in [1.165, 1.54) is 5.56 Å². The second-order valence-corrected chi connectivity index (χ2v) is 5.53. The molecule has 1 heterocycles. The van der Waals surface area contributed by atoms with Crippen LogP contribution in [0, 0.1) is 0 Å². The van der Waals surface area contributed by atoms with Crippen molar-refractivity contribution in [3.8, 4) is 0 Å². The lowest BCUT2D eigenvalue weighted by Crippen LogP contribution is -2.26. The average Bonchev–Trinajstić information content (AvgIpc) is 2.57. The van der Waals surface area contributed by atoms with Gasteiger partial charge in [-0.2, -0.15) is 0 Å². The number of rotatable bonds is 3. The summed E-state index contributed by atoms with van der Waals surface area (Å²) in [5.74, 6) is 0. The molecular weight excluding hydrogens is 272 g/mol. The standard InChI is InChI=1S/C19H20N2O/c1-3-18-16-12-8-7-11-15(16)17(13-21(18)2)19(20-22)14-9-5-4-6-10-14/h4-13,18,22H,3H2,1-2H3/b20-19+/t18-/m0/s1. The van der Waals surface area contributed by atoms with Crippen molar-refractivity contribution in [2.45, 2.75) is 19.4 Å². The van der Waals surface area contributed by atoms with Gasteiger partial charge in [0.25, 0.3) is 0 Å². The Morgan fingerprint density at radius 1 is 1.09 bits per heavy atom. The van der Waals surface area contributed by atoms with Gasteiger partial charge < -0.3 is 10.1 Å². The number of benzene rings is 2. The minimum atomic E-state index is 0.357. The highest BCUT2D eigenvalue weighted by Gasteiger charge is 2.26. The van der Waals surface area contributed by atoms with E-state index < -0.39 is 0 Å². The van der Waals surface area contributed by atoms with Crippen molar-refractivity contribution in [3.05, 3.63) is 77.5 Å². The van der Waals surface area contributed by atoms with Gasteiger partial charge in [0.05, 0.1) is 6.04 Å². The van der Waals surface area contributed by atoms with E-state index in [1.807, 2.05) is 36.4 Å². The average molecular weight is 292 g/mol. The van der Waals surface area contributed by atoms with Crippen LogP contribution in [0.1, 0.15) is 36.1 Å². The van der Waals surface area contributed by atoms with Crippen LogP contribution in [0.4, 0.5) is 0 Å². The van der Waals surface area contributed by atoms with E-state index in [4.69, 9.17) is 0 Å². The lowest BCUT2D eigenvalue weighted by atomic mass is 9.86. The van der Waals surface area contributed by atoms with Crippen molar-refractivity contribution < 1.29 is 5.21 Å². The molecule has 0 aliphatic carbocycles. The first kappa shape index (κ1) is 14.4. The molecule has 3 nitrogen and oxygen atoms in total. The van der Waals surface area contributed by atoms with E-state index in [0.717, 1.165) is 23.1 Å². The quantitative estimate of drug-likeness (QED) is 0.520. The molecule has 0 fully saturated rings. The maximum atomic E-state index is 9.60. The van der Waals surface area contributed by atoms with Gasteiger partial charge in [-0.15, -0.1) is 0 Å². The van der Waals surface area contributed by atoms with Crippen molar-refractivity contribution in [1.82, 2.24) is 4.90 Å². The number of hydrogen-bond acceptors (Lipinski definition) is 3. The van der Waals surface area contributed by atoms with Crippen LogP contribution in [0.25, 0.3) is 5.57 Å². The Labute approximate surface area is 131 Å². The van der Waals surface area contributed by atoms with Crippen LogP contribution >= 0.6 is 0 Å². The second kappa shape index (κ2) is 6.06. The van der Waals surface area contributed by atoms with E-state index in [-0.39, 0.29) is 0 Å². The van der Waals surface area contributed by atoms with Gasteiger partial charge in [-0.25, -0.2) is 0 Å². The Balaban J connectivity index is 2.14. The molecule has 1 aliphatic rings. The summed E-state index contributed by atoms with van der Waals surface area (Å²) in [6, 6.07) is 18.5. The molecule has 1 N–H and O–H groups in total. The van der Waals surface area contributed by atoms with Gasteiger partial charge in [0.1, 0.15) is 5.71 Å². The van der Waals surface area contributed by atoms with Crippen LogP contribution < -0.4 is 0 Å².